The van der Waals surface area contributed by atoms with Crippen LogP contribution in [0.2, 0.25) is 0 Å². The molecule has 0 fully saturated rings. The standard InChI is InChI=1S/C13H20N2O2/c1-2-3-4-7-15-12-6-5-10(13(16)17)8-11(12)9-14-15/h9-10H,2-8H2,1H3,(H,16,17). The molecule has 1 aromatic heterocycles. The van der Waals surface area contributed by atoms with Crippen molar-refractivity contribution in [2.75, 3.05) is 0 Å². The molecule has 0 aliphatic heterocycles. The Balaban J connectivity index is 2.02. The van der Waals surface area contributed by atoms with Gasteiger partial charge in [0.05, 0.1) is 12.1 Å². The van der Waals surface area contributed by atoms with Crippen molar-refractivity contribution in [3.8, 4) is 0 Å². The molecule has 0 amide bonds. The van der Waals surface area contributed by atoms with E-state index in [0.717, 1.165) is 31.4 Å². The van der Waals surface area contributed by atoms with E-state index in [9.17, 15) is 4.79 Å². The van der Waals surface area contributed by atoms with Crippen LogP contribution in [-0.2, 0) is 24.2 Å². The fraction of sp³-hybridized carbons (Fsp3) is 0.692. The molecule has 0 bridgehead atoms. The first-order valence-corrected chi connectivity index (χ1v) is 6.48. The molecule has 0 aromatic carbocycles. The molecule has 0 spiro atoms. The highest BCUT2D eigenvalue weighted by Crippen LogP contribution is 2.25. The van der Waals surface area contributed by atoms with Crippen LogP contribution in [0.5, 0.6) is 0 Å². The molecule has 1 aromatic rings. The lowest BCUT2D eigenvalue weighted by atomic mass is 9.88. The third-order valence-corrected chi connectivity index (χ3v) is 3.55. The zero-order valence-electron chi connectivity index (χ0n) is 10.4. The first-order valence-electron chi connectivity index (χ1n) is 6.48. The molecule has 4 heteroatoms. The largest absolute Gasteiger partial charge is 0.481 e. The summed E-state index contributed by atoms with van der Waals surface area (Å²) in [5.74, 6) is -0.884. The maximum absolute atomic E-state index is 11.0. The van der Waals surface area contributed by atoms with Crippen molar-refractivity contribution in [3.63, 3.8) is 0 Å². The van der Waals surface area contributed by atoms with Crippen molar-refractivity contribution in [2.24, 2.45) is 5.92 Å². The van der Waals surface area contributed by atoms with Crippen LogP contribution in [0.1, 0.15) is 43.9 Å². The minimum absolute atomic E-state index is 0.212. The smallest absolute Gasteiger partial charge is 0.306 e. The highest BCUT2D eigenvalue weighted by molar-refractivity contribution is 5.70. The van der Waals surface area contributed by atoms with E-state index in [1.165, 1.54) is 18.5 Å². The molecule has 1 aliphatic rings. The SMILES string of the molecule is CCCCCn1ncc2c1CCC(C(=O)O)C2. The van der Waals surface area contributed by atoms with Crippen LogP contribution >= 0.6 is 0 Å². The van der Waals surface area contributed by atoms with Crippen LogP contribution in [0.25, 0.3) is 0 Å². The number of hydrogen-bond acceptors (Lipinski definition) is 2. The predicted molar refractivity (Wildman–Crippen MR) is 64.9 cm³/mol. The van der Waals surface area contributed by atoms with Crippen molar-refractivity contribution in [1.29, 1.82) is 0 Å². The summed E-state index contributed by atoms with van der Waals surface area (Å²) >= 11 is 0. The highest BCUT2D eigenvalue weighted by atomic mass is 16.4. The zero-order chi connectivity index (χ0) is 12.3. The molecule has 1 heterocycles. The molecular formula is C13H20N2O2. The Morgan fingerprint density at radius 1 is 1.59 bits per heavy atom. The first-order chi connectivity index (χ1) is 8.22. The Kier molecular flexibility index (Phi) is 3.82. The topological polar surface area (TPSA) is 55.1 Å². The average Bonchev–Trinajstić information content (AvgIpc) is 2.72. The predicted octanol–water partition coefficient (Wildman–Crippen LogP) is 2.26. The Bertz CT molecular complexity index is 398. The number of rotatable bonds is 5. The summed E-state index contributed by atoms with van der Waals surface area (Å²) in [6, 6.07) is 0. The summed E-state index contributed by atoms with van der Waals surface area (Å²) in [4.78, 5) is 11.0. The van der Waals surface area contributed by atoms with Gasteiger partial charge in [-0.3, -0.25) is 9.48 Å². The van der Waals surface area contributed by atoms with E-state index in [4.69, 9.17) is 5.11 Å². The number of carboxylic acids is 1. The number of carbonyl (C=O) groups is 1. The summed E-state index contributed by atoms with van der Waals surface area (Å²) in [5, 5.41) is 13.4. The molecule has 0 radical (unpaired) electrons. The van der Waals surface area contributed by atoms with Crippen molar-refractivity contribution >= 4 is 5.97 Å². The summed E-state index contributed by atoms with van der Waals surface area (Å²) in [5.41, 5.74) is 2.40. The van der Waals surface area contributed by atoms with Gasteiger partial charge in [0.1, 0.15) is 0 Å². The normalized spacial score (nSPS) is 19.0. The first kappa shape index (κ1) is 12.1. The summed E-state index contributed by atoms with van der Waals surface area (Å²) in [6.07, 6.45) is 7.72. The number of aromatic nitrogens is 2. The second-order valence-electron chi connectivity index (χ2n) is 4.82. The number of nitrogens with zero attached hydrogens (tertiary/aromatic N) is 2. The van der Waals surface area contributed by atoms with E-state index in [0.29, 0.717) is 6.42 Å². The summed E-state index contributed by atoms with van der Waals surface area (Å²) in [7, 11) is 0. The van der Waals surface area contributed by atoms with Gasteiger partial charge < -0.3 is 5.11 Å². The molecule has 94 valence electrons. The molecule has 2 rings (SSSR count). The Morgan fingerprint density at radius 3 is 3.12 bits per heavy atom. The van der Waals surface area contributed by atoms with Crippen LogP contribution < -0.4 is 0 Å². The minimum atomic E-state index is -0.672. The molecule has 1 atom stereocenters. The van der Waals surface area contributed by atoms with Crippen LogP contribution in [-0.4, -0.2) is 20.9 Å². The van der Waals surface area contributed by atoms with E-state index in [1.807, 2.05) is 6.20 Å². The maximum atomic E-state index is 11.0. The molecule has 4 nitrogen and oxygen atoms in total. The molecule has 1 unspecified atom stereocenters. The summed E-state index contributed by atoms with van der Waals surface area (Å²) in [6.45, 7) is 3.16. The van der Waals surface area contributed by atoms with E-state index < -0.39 is 5.97 Å². The number of hydrogen-bond donors (Lipinski definition) is 1. The minimum Gasteiger partial charge on any atom is -0.481 e. The van der Waals surface area contributed by atoms with E-state index >= 15 is 0 Å². The molecule has 0 saturated carbocycles. The molecule has 0 saturated heterocycles. The van der Waals surface area contributed by atoms with Gasteiger partial charge in [0.25, 0.3) is 0 Å². The highest BCUT2D eigenvalue weighted by Gasteiger charge is 2.26. The van der Waals surface area contributed by atoms with Crippen molar-refractivity contribution in [2.45, 2.75) is 52.0 Å². The zero-order valence-corrected chi connectivity index (χ0v) is 10.4. The lowest BCUT2D eigenvalue weighted by Gasteiger charge is -2.19. The van der Waals surface area contributed by atoms with Crippen molar-refractivity contribution < 1.29 is 9.90 Å². The van der Waals surface area contributed by atoms with Crippen LogP contribution in [0.15, 0.2) is 6.20 Å². The third-order valence-electron chi connectivity index (χ3n) is 3.55. The fourth-order valence-electron chi connectivity index (χ4n) is 2.50. The number of unbranched alkanes of at least 4 members (excludes halogenated alkanes) is 2. The van der Waals surface area contributed by atoms with Gasteiger partial charge in [-0.2, -0.15) is 5.10 Å². The van der Waals surface area contributed by atoms with E-state index in [-0.39, 0.29) is 5.92 Å². The number of carboxylic acid groups (broad SMARTS) is 1. The Labute approximate surface area is 102 Å². The molecule has 1 aliphatic carbocycles. The van der Waals surface area contributed by atoms with Crippen molar-refractivity contribution in [1.82, 2.24) is 9.78 Å². The van der Waals surface area contributed by atoms with Gasteiger partial charge in [-0.05, 0) is 31.2 Å². The van der Waals surface area contributed by atoms with E-state index in [2.05, 4.69) is 16.7 Å². The Morgan fingerprint density at radius 2 is 2.41 bits per heavy atom. The van der Waals surface area contributed by atoms with Gasteiger partial charge in [0.2, 0.25) is 0 Å². The lowest BCUT2D eigenvalue weighted by Crippen LogP contribution is -2.23. The van der Waals surface area contributed by atoms with Crippen LogP contribution in [0.3, 0.4) is 0 Å². The quantitative estimate of drug-likeness (QED) is 0.798. The average molecular weight is 236 g/mol. The van der Waals surface area contributed by atoms with Gasteiger partial charge in [-0.15, -0.1) is 0 Å². The molecule has 1 N–H and O–H groups in total. The second kappa shape index (κ2) is 5.34. The molecule has 17 heavy (non-hydrogen) atoms. The van der Waals surface area contributed by atoms with Crippen molar-refractivity contribution in [3.05, 3.63) is 17.5 Å². The van der Waals surface area contributed by atoms with Crippen LogP contribution in [0, 0.1) is 5.92 Å². The van der Waals surface area contributed by atoms with Gasteiger partial charge >= 0.3 is 5.97 Å². The summed E-state index contributed by atoms with van der Waals surface area (Å²) < 4.78 is 2.07. The second-order valence-corrected chi connectivity index (χ2v) is 4.82. The monoisotopic (exact) mass is 236 g/mol. The third kappa shape index (κ3) is 2.68. The number of aliphatic carboxylic acids is 1. The van der Waals surface area contributed by atoms with Gasteiger partial charge in [-0.25, -0.2) is 0 Å². The Hall–Kier alpha value is -1.32. The fourth-order valence-corrected chi connectivity index (χ4v) is 2.50. The number of fused-ring (bicyclic) bond motifs is 1. The van der Waals surface area contributed by atoms with Gasteiger partial charge in [0, 0.05) is 12.2 Å². The van der Waals surface area contributed by atoms with E-state index in [1.54, 1.807) is 0 Å². The van der Waals surface area contributed by atoms with Gasteiger partial charge in [0.15, 0.2) is 0 Å². The van der Waals surface area contributed by atoms with Gasteiger partial charge in [-0.1, -0.05) is 19.8 Å². The maximum Gasteiger partial charge on any atom is 0.306 e. The van der Waals surface area contributed by atoms with Crippen LogP contribution in [0.4, 0.5) is 0 Å². The lowest BCUT2D eigenvalue weighted by molar-refractivity contribution is -0.142. The number of aryl methyl sites for hydroxylation is 1. The molecular weight excluding hydrogens is 216 g/mol.